The van der Waals surface area contributed by atoms with Gasteiger partial charge in [0.1, 0.15) is 6.17 Å². The average molecular weight is 351 g/mol. The predicted molar refractivity (Wildman–Crippen MR) is 117 cm³/mol. The fourth-order valence-corrected chi connectivity index (χ4v) is 2.48. The molecule has 2 heteroatoms. The smallest absolute Gasteiger partial charge is 0.130 e. The predicted octanol–water partition coefficient (Wildman–Crippen LogP) is 6.87. The molecule has 2 rings (SSSR count). The lowest BCUT2D eigenvalue weighted by Gasteiger charge is -2.27. The summed E-state index contributed by atoms with van der Waals surface area (Å²) in [5, 5.41) is 3.46. The van der Waals surface area contributed by atoms with Crippen molar-refractivity contribution in [3.63, 3.8) is 0 Å². The molecule has 2 nitrogen and oxygen atoms in total. The standard InChI is InChI=1S/C20H22N2.2C2H6/c1-5-8-15-19-16(4)21-20(17-13-10-9-11-14-17)22(19)18(7-3)12-6-2;2*1-2/h5-15,20-21H,2-4H2,1H3;2*1-2H3/b8-5-,18-12+,19-15+;;. The van der Waals surface area contributed by atoms with Crippen molar-refractivity contribution in [3.05, 3.63) is 109 Å². The Bertz CT molecular complexity index is 648. The van der Waals surface area contributed by atoms with Crippen molar-refractivity contribution in [2.24, 2.45) is 0 Å². The molecule has 0 saturated carbocycles. The molecule has 0 aliphatic carbocycles. The van der Waals surface area contributed by atoms with E-state index in [-0.39, 0.29) is 6.17 Å². The third-order valence-corrected chi connectivity index (χ3v) is 3.48. The van der Waals surface area contributed by atoms with E-state index >= 15 is 0 Å². The van der Waals surface area contributed by atoms with Gasteiger partial charge < -0.3 is 10.2 Å². The van der Waals surface area contributed by atoms with Crippen LogP contribution in [0.25, 0.3) is 0 Å². The van der Waals surface area contributed by atoms with Crippen molar-refractivity contribution in [3.8, 4) is 0 Å². The van der Waals surface area contributed by atoms with Crippen molar-refractivity contribution in [2.75, 3.05) is 0 Å². The van der Waals surface area contributed by atoms with Crippen molar-refractivity contribution < 1.29 is 0 Å². The largest absolute Gasteiger partial charge is 0.360 e. The van der Waals surface area contributed by atoms with Gasteiger partial charge in [0.15, 0.2) is 0 Å². The molecular weight excluding hydrogens is 316 g/mol. The third-order valence-electron chi connectivity index (χ3n) is 3.48. The fourth-order valence-electron chi connectivity index (χ4n) is 2.48. The first-order valence-corrected chi connectivity index (χ1v) is 9.31. The van der Waals surface area contributed by atoms with E-state index in [1.54, 1.807) is 6.08 Å². The Balaban J connectivity index is 0.00000146. The molecule has 1 fully saturated rings. The van der Waals surface area contributed by atoms with E-state index in [4.69, 9.17) is 0 Å². The highest BCUT2D eigenvalue weighted by Crippen LogP contribution is 2.36. The van der Waals surface area contributed by atoms with Crippen LogP contribution in [0.4, 0.5) is 0 Å². The van der Waals surface area contributed by atoms with E-state index in [0.717, 1.165) is 17.1 Å². The molecule has 0 aromatic heterocycles. The summed E-state index contributed by atoms with van der Waals surface area (Å²) in [7, 11) is 0. The van der Waals surface area contributed by atoms with Gasteiger partial charge in [-0.15, -0.1) is 0 Å². The van der Waals surface area contributed by atoms with Gasteiger partial charge in [0.05, 0.1) is 11.4 Å². The Hall–Kier alpha value is -2.74. The molecule has 1 aliphatic heterocycles. The molecule has 140 valence electrons. The minimum Gasteiger partial charge on any atom is -0.360 e. The van der Waals surface area contributed by atoms with E-state index in [0.29, 0.717) is 0 Å². The number of rotatable bonds is 5. The second-order valence-electron chi connectivity index (χ2n) is 4.92. The zero-order valence-corrected chi connectivity index (χ0v) is 17.0. The first-order valence-electron chi connectivity index (χ1n) is 9.31. The summed E-state index contributed by atoms with van der Waals surface area (Å²) in [6, 6.07) is 10.3. The maximum Gasteiger partial charge on any atom is 0.130 e. The highest BCUT2D eigenvalue weighted by Gasteiger charge is 2.32. The Morgan fingerprint density at radius 3 is 2.19 bits per heavy atom. The second-order valence-corrected chi connectivity index (χ2v) is 4.92. The first kappa shape index (κ1) is 23.3. The minimum atomic E-state index is -0.00518. The SMILES string of the molecule is C=C/C=C(\C=C)N1/C(=C/C=C\C)C(=C)NC1c1ccccc1.CC.CC. The summed E-state index contributed by atoms with van der Waals surface area (Å²) in [5.41, 5.74) is 4.07. The molecule has 1 aromatic rings. The quantitative estimate of drug-likeness (QED) is 0.583. The molecule has 26 heavy (non-hydrogen) atoms. The molecule has 1 atom stereocenters. The maximum atomic E-state index is 4.15. The Morgan fingerprint density at radius 2 is 1.69 bits per heavy atom. The van der Waals surface area contributed by atoms with Gasteiger partial charge in [-0.1, -0.05) is 96.0 Å². The van der Waals surface area contributed by atoms with E-state index < -0.39 is 0 Å². The summed E-state index contributed by atoms with van der Waals surface area (Å²) < 4.78 is 0. The van der Waals surface area contributed by atoms with Gasteiger partial charge >= 0.3 is 0 Å². The van der Waals surface area contributed by atoms with E-state index in [2.05, 4.69) is 48.2 Å². The summed E-state index contributed by atoms with van der Waals surface area (Å²) in [5.74, 6) is 0. The van der Waals surface area contributed by atoms with Gasteiger partial charge in [-0.05, 0) is 30.7 Å². The summed E-state index contributed by atoms with van der Waals surface area (Å²) in [6.45, 7) is 21.9. The molecule has 1 unspecified atom stereocenters. The monoisotopic (exact) mass is 350 g/mol. The van der Waals surface area contributed by atoms with Crippen LogP contribution >= 0.6 is 0 Å². The molecule has 1 heterocycles. The number of nitrogens with one attached hydrogen (secondary N) is 1. The van der Waals surface area contributed by atoms with Gasteiger partial charge in [0.2, 0.25) is 0 Å². The number of nitrogens with zero attached hydrogens (tertiary/aromatic N) is 1. The summed E-state index contributed by atoms with van der Waals surface area (Å²) in [6.07, 6.45) is 11.6. The number of benzene rings is 1. The van der Waals surface area contributed by atoms with Gasteiger partial charge in [0.25, 0.3) is 0 Å². The zero-order valence-electron chi connectivity index (χ0n) is 17.0. The molecule has 0 amide bonds. The zero-order chi connectivity index (χ0) is 19.9. The third kappa shape index (κ3) is 5.96. The Kier molecular flexibility index (Phi) is 12.1. The normalized spacial score (nSPS) is 17.8. The average Bonchev–Trinajstić information content (AvgIpc) is 3.04. The molecule has 0 radical (unpaired) electrons. The van der Waals surface area contributed by atoms with Crippen molar-refractivity contribution in [1.82, 2.24) is 10.2 Å². The van der Waals surface area contributed by atoms with E-state index in [1.165, 1.54) is 5.56 Å². The van der Waals surface area contributed by atoms with Gasteiger partial charge in [-0.2, -0.15) is 0 Å². The molecule has 1 aliphatic rings. The first-order chi connectivity index (χ1) is 12.7. The van der Waals surface area contributed by atoms with Crippen LogP contribution in [0.1, 0.15) is 46.3 Å². The highest BCUT2D eigenvalue weighted by atomic mass is 15.3. The van der Waals surface area contributed by atoms with Crippen LogP contribution in [0.2, 0.25) is 0 Å². The highest BCUT2D eigenvalue weighted by molar-refractivity contribution is 5.43. The minimum absolute atomic E-state index is 0.00518. The molecule has 0 spiro atoms. The van der Waals surface area contributed by atoms with Crippen LogP contribution in [0, 0.1) is 0 Å². The molecule has 1 N–H and O–H groups in total. The van der Waals surface area contributed by atoms with Crippen LogP contribution in [0.5, 0.6) is 0 Å². The van der Waals surface area contributed by atoms with Crippen molar-refractivity contribution in [2.45, 2.75) is 40.8 Å². The van der Waals surface area contributed by atoms with E-state index in [1.807, 2.05) is 77.1 Å². The van der Waals surface area contributed by atoms with Crippen molar-refractivity contribution in [1.29, 1.82) is 0 Å². The lowest BCUT2D eigenvalue weighted by atomic mass is 10.1. The van der Waals surface area contributed by atoms with Crippen molar-refractivity contribution >= 4 is 0 Å². The molecule has 0 bridgehead atoms. The van der Waals surface area contributed by atoms with Gasteiger partial charge in [0, 0.05) is 5.70 Å². The molecule has 1 saturated heterocycles. The van der Waals surface area contributed by atoms with Crippen LogP contribution in [0.3, 0.4) is 0 Å². The number of hydrogen-bond donors (Lipinski definition) is 1. The van der Waals surface area contributed by atoms with Crippen LogP contribution in [-0.2, 0) is 0 Å². The second kappa shape index (κ2) is 13.5. The Labute approximate surface area is 160 Å². The lowest BCUT2D eigenvalue weighted by Crippen LogP contribution is -2.25. The van der Waals surface area contributed by atoms with Crippen LogP contribution in [-0.4, -0.2) is 4.90 Å². The van der Waals surface area contributed by atoms with Crippen LogP contribution < -0.4 is 5.32 Å². The molecule has 1 aromatic carbocycles. The summed E-state index contributed by atoms with van der Waals surface area (Å²) in [4.78, 5) is 2.19. The van der Waals surface area contributed by atoms with E-state index in [9.17, 15) is 0 Å². The maximum absolute atomic E-state index is 4.15. The fraction of sp³-hybridized carbons (Fsp3) is 0.250. The van der Waals surface area contributed by atoms with Gasteiger partial charge in [-0.25, -0.2) is 0 Å². The van der Waals surface area contributed by atoms with Crippen LogP contribution in [0.15, 0.2) is 104 Å². The number of allylic oxidation sites excluding steroid dienone is 6. The van der Waals surface area contributed by atoms with Gasteiger partial charge in [-0.3, -0.25) is 0 Å². The summed E-state index contributed by atoms with van der Waals surface area (Å²) >= 11 is 0. The Morgan fingerprint density at radius 1 is 1.08 bits per heavy atom. The molecular formula is C24H34N2. The lowest BCUT2D eigenvalue weighted by molar-refractivity contribution is 0.355. The number of hydrogen-bond acceptors (Lipinski definition) is 2. The topological polar surface area (TPSA) is 15.3 Å².